The van der Waals surface area contributed by atoms with E-state index in [4.69, 9.17) is 0 Å². The van der Waals surface area contributed by atoms with Gasteiger partial charge in [0.05, 0.1) is 0 Å². The minimum atomic E-state index is 0.285. The van der Waals surface area contributed by atoms with Gasteiger partial charge in [-0.25, -0.2) is 4.79 Å². The van der Waals surface area contributed by atoms with Crippen LogP contribution in [0.1, 0.15) is 0 Å². The summed E-state index contributed by atoms with van der Waals surface area (Å²) < 4.78 is 0. The van der Waals surface area contributed by atoms with Crippen LogP contribution in [-0.2, 0) is 4.79 Å². The smallest absolute Gasteiger partial charge is 0.211 e. The molecule has 44 valence electrons. The molecule has 1 aromatic heterocycles. The molecule has 0 N–H and O–H groups in total. The maximum Gasteiger partial charge on any atom is 0.242 e. The van der Waals surface area contributed by atoms with E-state index in [0.29, 0.717) is 0 Å². The monoisotopic (exact) mass is 121 g/mol. The van der Waals surface area contributed by atoms with Gasteiger partial charge in [0, 0.05) is 6.20 Å². The Balaban J connectivity index is 2.97. The van der Waals surface area contributed by atoms with Crippen LogP contribution in [0.4, 0.5) is 5.82 Å². The zero-order valence-electron chi connectivity index (χ0n) is 4.48. The highest BCUT2D eigenvalue weighted by molar-refractivity contribution is 5.43. The molecule has 9 heavy (non-hydrogen) atoms. The van der Waals surface area contributed by atoms with Crippen LogP contribution in [0.25, 0.3) is 0 Å². The Bertz CT molecular complexity index is 227. The second kappa shape index (κ2) is 2.69. The van der Waals surface area contributed by atoms with Gasteiger partial charge in [-0.2, -0.15) is 5.10 Å². The van der Waals surface area contributed by atoms with Crippen LogP contribution in [0, 0.1) is 0 Å². The highest BCUT2D eigenvalue weighted by Crippen LogP contribution is 1.99. The van der Waals surface area contributed by atoms with Gasteiger partial charge in [0.15, 0.2) is 5.82 Å². The van der Waals surface area contributed by atoms with Crippen molar-refractivity contribution in [3.8, 4) is 0 Å². The SMILES string of the molecule is O=C=Nc1cccnn1. The number of isocyanates is 1. The fraction of sp³-hybridized carbons (Fsp3) is 0. The molecule has 0 spiro atoms. The average molecular weight is 121 g/mol. The molecule has 1 rings (SSSR count). The third kappa shape index (κ3) is 1.44. The number of aromatic nitrogens is 2. The summed E-state index contributed by atoms with van der Waals surface area (Å²) in [5, 5.41) is 6.97. The van der Waals surface area contributed by atoms with Gasteiger partial charge >= 0.3 is 0 Å². The molecule has 0 aromatic carbocycles. The number of hydrogen-bond donors (Lipinski definition) is 0. The second-order valence-corrected chi connectivity index (χ2v) is 1.28. The maximum atomic E-state index is 9.61. The van der Waals surface area contributed by atoms with E-state index in [1.54, 1.807) is 12.1 Å². The Morgan fingerprint density at radius 2 is 2.56 bits per heavy atom. The van der Waals surface area contributed by atoms with E-state index >= 15 is 0 Å². The van der Waals surface area contributed by atoms with E-state index < -0.39 is 0 Å². The van der Waals surface area contributed by atoms with Gasteiger partial charge in [-0.1, -0.05) is 0 Å². The molecule has 0 atom stereocenters. The largest absolute Gasteiger partial charge is 0.242 e. The van der Waals surface area contributed by atoms with E-state index in [-0.39, 0.29) is 5.82 Å². The molecule has 0 aliphatic heterocycles. The molecule has 4 heteroatoms. The van der Waals surface area contributed by atoms with E-state index in [1.807, 2.05) is 0 Å². The first-order valence-electron chi connectivity index (χ1n) is 2.29. The minimum absolute atomic E-state index is 0.285. The fourth-order valence-corrected chi connectivity index (χ4v) is 0.400. The summed E-state index contributed by atoms with van der Waals surface area (Å²) in [5.74, 6) is 0.285. The van der Waals surface area contributed by atoms with Crippen LogP contribution >= 0.6 is 0 Å². The first-order chi connectivity index (χ1) is 4.43. The molecule has 0 amide bonds. The summed E-state index contributed by atoms with van der Waals surface area (Å²) in [6, 6.07) is 3.21. The van der Waals surface area contributed by atoms with E-state index in [9.17, 15) is 4.79 Å². The second-order valence-electron chi connectivity index (χ2n) is 1.28. The predicted molar refractivity (Wildman–Crippen MR) is 29.8 cm³/mol. The summed E-state index contributed by atoms with van der Waals surface area (Å²) in [6.07, 6.45) is 2.86. The lowest BCUT2D eigenvalue weighted by atomic mass is 10.5. The summed E-state index contributed by atoms with van der Waals surface area (Å²) in [7, 11) is 0. The first-order valence-corrected chi connectivity index (χ1v) is 2.29. The molecule has 0 bridgehead atoms. The van der Waals surface area contributed by atoms with Gasteiger partial charge in [0.25, 0.3) is 0 Å². The van der Waals surface area contributed by atoms with E-state index in [2.05, 4.69) is 15.2 Å². The van der Waals surface area contributed by atoms with Crippen molar-refractivity contribution in [1.29, 1.82) is 0 Å². The van der Waals surface area contributed by atoms with Crippen LogP contribution in [0.15, 0.2) is 23.3 Å². The third-order valence-electron chi connectivity index (χ3n) is 0.718. The minimum Gasteiger partial charge on any atom is -0.211 e. The molecule has 0 radical (unpaired) electrons. The quantitative estimate of drug-likeness (QED) is 0.400. The molecule has 0 aliphatic rings. The number of hydrogen-bond acceptors (Lipinski definition) is 4. The summed E-state index contributed by atoms with van der Waals surface area (Å²) >= 11 is 0. The van der Waals surface area contributed by atoms with Gasteiger partial charge in [0.1, 0.15) is 0 Å². The maximum absolute atomic E-state index is 9.61. The van der Waals surface area contributed by atoms with Crippen molar-refractivity contribution < 1.29 is 4.79 Å². The van der Waals surface area contributed by atoms with Crippen LogP contribution in [-0.4, -0.2) is 16.3 Å². The van der Waals surface area contributed by atoms with Gasteiger partial charge in [0.2, 0.25) is 6.08 Å². The summed E-state index contributed by atoms with van der Waals surface area (Å²) in [4.78, 5) is 12.8. The van der Waals surface area contributed by atoms with Crippen molar-refractivity contribution >= 4 is 11.9 Å². The average Bonchev–Trinajstić information content (AvgIpc) is 1.91. The Hall–Kier alpha value is -1.54. The fourth-order valence-electron chi connectivity index (χ4n) is 0.400. The molecule has 0 fully saturated rings. The molecule has 0 saturated heterocycles. The highest BCUT2D eigenvalue weighted by Gasteiger charge is 1.83. The Morgan fingerprint density at radius 1 is 1.67 bits per heavy atom. The molecule has 4 nitrogen and oxygen atoms in total. The van der Waals surface area contributed by atoms with Crippen molar-refractivity contribution in [1.82, 2.24) is 10.2 Å². The van der Waals surface area contributed by atoms with E-state index in [0.717, 1.165) is 0 Å². The molecule has 1 aromatic rings. The highest BCUT2D eigenvalue weighted by atomic mass is 16.1. The van der Waals surface area contributed by atoms with Crippen molar-refractivity contribution in [3.05, 3.63) is 18.3 Å². The first kappa shape index (κ1) is 5.59. The number of aliphatic imine (C=N–C) groups is 1. The van der Waals surface area contributed by atoms with Crippen molar-refractivity contribution in [2.75, 3.05) is 0 Å². The number of carbonyl (C=O) groups excluding carboxylic acids is 1. The van der Waals surface area contributed by atoms with Crippen LogP contribution in [0.3, 0.4) is 0 Å². The zero-order chi connectivity index (χ0) is 6.53. The molecular formula is C5H3N3O. The summed E-state index contributed by atoms with van der Waals surface area (Å²) in [5.41, 5.74) is 0. The Morgan fingerprint density at radius 3 is 3.11 bits per heavy atom. The number of nitrogens with zero attached hydrogens (tertiary/aromatic N) is 3. The standard InChI is InChI=1S/C5H3N3O/c9-4-6-5-2-1-3-7-8-5/h1-3H. The summed E-state index contributed by atoms with van der Waals surface area (Å²) in [6.45, 7) is 0. The normalized spacial score (nSPS) is 8.00. The lowest BCUT2D eigenvalue weighted by Crippen LogP contribution is -1.75. The molecule has 1 heterocycles. The lowest BCUT2D eigenvalue weighted by Gasteiger charge is -1.80. The van der Waals surface area contributed by atoms with Crippen molar-refractivity contribution in [2.24, 2.45) is 4.99 Å². The predicted octanol–water partition coefficient (Wildman–Crippen LogP) is 0.444. The van der Waals surface area contributed by atoms with Gasteiger partial charge in [-0.15, -0.1) is 10.1 Å². The van der Waals surface area contributed by atoms with Crippen LogP contribution in [0.2, 0.25) is 0 Å². The molecule has 0 unspecified atom stereocenters. The topological polar surface area (TPSA) is 55.2 Å². The lowest BCUT2D eigenvalue weighted by molar-refractivity contribution is 0.565. The third-order valence-corrected chi connectivity index (χ3v) is 0.718. The van der Waals surface area contributed by atoms with E-state index in [1.165, 1.54) is 12.3 Å². The molecule has 0 saturated carbocycles. The Kier molecular flexibility index (Phi) is 1.67. The van der Waals surface area contributed by atoms with Crippen LogP contribution in [0.5, 0.6) is 0 Å². The number of rotatable bonds is 1. The van der Waals surface area contributed by atoms with Crippen molar-refractivity contribution in [2.45, 2.75) is 0 Å². The molecular weight excluding hydrogens is 118 g/mol. The van der Waals surface area contributed by atoms with Gasteiger partial charge < -0.3 is 0 Å². The van der Waals surface area contributed by atoms with Gasteiger partial charge in [-0.05, 0) is 12.1 Å². The Labute approximate surface area is 51.3 Å². The van der Waals surface area contributed by atoms with Crippen molar-refractivity contribution in [3.63, 3.8) is 0 Å². The van der Waals surface area contributed by atoms with Gasteiger partial charge in [-0.3, -0.25) is 0 Å². The zero-order valence-corrected chi connectivity index (χ0v) is 4.48. The van der Waals surface area contributed by atoms with Crippen LogP contribution < -0.4 is 0 Å². The molecule has 0 aliphatic carbocycles.